The number of hydrogen-bond acceptors (Lipinski definition) is 3. The summed E-state index contributed by atoms with van der Waals surface area (Å²) in [6.07, 6.45) is 0.834. The number of carbonyl (C=O) groups is 1. The molecule has 4 aromatic rings. The van der Waals surface area contributed by atoms with Crippen LogP contribution in [0.3, 0.4) is 0 Å². The molecule has 1 aromatic heterocycles. The Kier molecular flexibility index (Phi) is 6.96. The molecule has 0 bridgehead atoms. The van der Waals surface area contributed by atoms with E-state index in [0.717, 1.165) is 11.8 Å². The predicted octanol–water partition coefficient (Wildman–Crippen LogP) is 5.52. The second kappa shape index (κ2) is 10.1. The van der Waals surface area contributed by atoms with Crippen molar-refractivity contribution >= 4 is 28.5 Å². The molecule has 0 spiro atoms. The largest absolute Gasteiger partial charge is 0.497 e. The van der Waals surface area contributed by atoms with Crippen LogP contribution >= 0.6 is 11.6 Å². The van der Waals surface area contributed by atoms with Crippen molar-refractivity contribution in [2.24, 2.45) is 0 Å². The van der Waals surface area contributed by atoms with Crippen LogP contribution in [-0.4, -0.2) is 29.3 Å². The Bertz CT molecular complexity index is 1290. The fourth-order valence-electron chi connectivity index (χ4n) is 4.03. The molecule has 4 rings (SSSR count). The molecule has 3 aromatic carbocycles. The number of fused-ring (bicyclic) bond motifs is 1. The third-order valence-electron chi connectivity index (χ3n) is 5.66. The molecule has 2 N–H and O–H groups in total. The lowest BCUT2D eigenvalue weighted by Gasteiger charge is -2.12. The van der Waals surface area contributed by atoms with Gasteiger partial charge in [0, 0.05) is 35.1 Å². The van der Waals surface area contributed by atoms with Crippen molar-refractivity contribution in [2.45, 2.75) is 19.5 Å². The quantitative estimate of drug-likeness (QED) is 0.319. The van der Waals surface area contributed by atoms with Gasteiger partial charge in [0.2, 0.25) is 0 Å². The van der Waals surface area contributed by atoms with Crippen LogP contribution in [0, 0.1) is 5.82 Å². The molecule has 0 aliphatic rings. The van der Waals surface area contributed by atoms with Gasteiger partial charge in [-0.3, -0.25) is 0 Å². The van der Waals surface area contributed by atoms with Crippen LogP contribution in [0.5, 0.6) is 5.75 Å². The maximum Gasteiger partial charge on any atom is 0.352 e. The summed E-state index contributed by atoms with van der Waals surface area (Å²) in [4.78, 5) is 12.4. The molecule has 1 heterocycles. The fourth-order valence-corrected chi connectivity index (χ4v) is 4.25. The number of nitrogens with one attached hydrogen (secondary N) is 1. The Morgan fingerprint density at radius 1 is 1.12 bits per heavy atom. The minimum absolute atomic E-state index is 0.172. The summed E-state index contributed by atoms with van der Waals surface area (Å²) in [5.74, 6) is -0.861. The monoisotopic (exact) mass is 466 g/mol. The van der Waals surface area contributed by atoms with Crippen LogP contribution < -0.4 is 10.1 Å². The maximum absolute atomic E-state index is 13.5. The summed E-state index contributed by atoms with van der Waals surface area (Å²) in [6.45, 7) is 1.28. The molecule has 33 heavy (non-hydrogen) atoms. The number of benzene rings is 3. The van der Waals surface area contributed by atoms with E-state index in [1.54, 1.807) is 17.7 Å². The van der Waals surface area contributed by atoms with Gasteiger partial charge < -0.3 is 19.7 Å². The van der Waals surface area contributed by atoms with Crippen LogP contribution in [-0.2, 0) is 19.5 Å². The van der Waals surface area contributed by atoms with Crippen molar-refractivity contribution < 1.29 is 19.0 Å². The van der Waals surface area contributed by atoms with Crippen molar-refractivity contribution in [2.75, 3.05) is 13.7 Å². The zero-order valence-electron chi connectivity index (χ0n) is 18.1. The molecular weight excluding hydrogens is 443 g/mol. The Balaban J connectivity index is 1.70. The lowest BCUT2D eigenvalue weighted by Crippen LogP contribution is -2.19. The number of nitrogens with zero attached hydrogens (tertiary/aromatic N) is 1. The average Bonchev–Trinajstić information content (AvgIpc) is 3.12. The highest BCUT2D eigenvalue weighted by Gasteiger charge is 2.23. The van der Waals surface area contributed by atoms with E-state index in [0.29, 0.717) is 35.5 Å². The molecular formula is C26H24ClFN2O3. The molecule has 5 nitrogen and oxygen atoms in total. The zero-order chi connectivity index (χ0) is 23.4. The second-order valence-corrected chi connectivity index (χ2v) is 8.16. The Morgan fingerprint density at radius 3 is 2.61 bits per heavy atom. The lowest BCUT2D eigenvalue weighted by atomic mass is 10.1. The van der Waals surface area contributed by atoms with Crippen LogP contribution in [0.2, 0.25) is 5.02 Å². The minimum Gasteiger partial charge on any atom is -0.497 e. The van der Waals surface area contributed by atoms with Gasteiger partial charge in [-0.2, -0.15) is 0 Å². The number of ether oxygens (including phenoxy) is 1. The van der Waals surface area contributed by atoms with Crippen LogP contribution in [0.15, 0.2) is 66.7 Å². The molecule has 0 aliphatic carbocycles. The Labute approximate surface area is 196 Å². The van der Waals surface area contributed by atoms with E-state index in [-0.39, 0.29) is 17.3 Å². The van der Waals surface area contributed by atoms with E-state index < -0.39 is 11.8 Å². The van der Waals surface area contributed by atoms with Gasteiger partial charge in [-0.25, -0.2) is 9.18 Å². The topological polar surface area (TPSA) is 63.5 Å². The highest BCUT2D eigenvalue weighted by Crippen LogP contribution is 2.31. The van der Waals surface area contributed by atoms with Gasteiger partial charge in [0.05, 0.1) is 12.6 Å². The molecule has 0 saturated carbocycles. The Morgan fingerprint density at radius 2 is 1.91 bits per heavy atom. The molecule has 0 atom stereocenters. The number of carboxylic acids is 1. The number of aromatic carboxylic acids is 1. The highest BCUT2D eigenvalue weighted by molar-refractivity contribution is 6.31. The van der Waals surface area contributed by atoms with Gasteiger partial charge in [-0.05, 0) is 48.4 Å². The summed E-state index contributed by atoms with van der Waals surface area (Å²) in [6, 6.07) is 19.7. The first-order valence-electron chi connectivity index (χ1n) is 10.6. The van der Waals surface area contributed by atoms with Crippen molar-refractivity contribution in [3.05, 3.63) is 100.0 Å². The molecule has 0 radical (unpaired) electrons. The summed E-state index contributed by atoms with van der Waals surface area (Å²) >= 11 is 6.25. The van der Waals surface area contributed by atoms with E-state index >= 15 is 0 Å². The SMILES string of the molecule is COc1ccc2c(CNCCc3ccccc3)c(C(=O)O)n(Cc3ccc(F)cc3Cl)c2c1. The maximum atomic E-state index is 13.5. The molecule has 0 saturated heterocycles. The lowest BCUT2D eigenvalue weighted by molar-refractivity contribution is 0.0684. The van der Waals surface area contributed by atoms with E-state index in [2.05, 4.69) is 17.4 Å². The van der Waals surface area contributed by atoms with E-state index in [4.69, 9.17) is 16.3 Å². The number of aromatic nitrogens is 1. The smallest absolute Gasteiger partial charge is 0.352 e. The van der Waals surface area contributed by atoms with Gasteiger partial charge in [0.15, 0.2) is 0 Å². The molecule has 170 valence electrons. The molecule has 0 amide bonds. The van der Waals surface area contributed by atoms with Crippen LogP contribution in [0.25, 0.3) is 10.9 Å². The average molecular weight is 467 g/mol. The van der Waals surface area contributed by atoms with E-state index in [9.17, 15) is 14.3 Å². The first-order chi connectivity index (χ1) is 16.0. The van der Waals surface area contributed by atoms with Gasteiger partial charge in [-0.15, -0.1) is 0 Å². The van der Waals surface area contributed by atoms with Crippen molar-refractivity contribution in [1.82, 2.24) is 9.88 Å². The molecule has 0 fully saturated rings. The first kappa shape index (κ1) is 22.8. The van der Waals surface area contributed by atoms with Gasteiger partial charge in [-0.1, -0.05) is 48.0 Å². The van der Waals surface area contributed by atoms with E-state index in [1.165, 1.54) is 17.7 Å². The second-order valence-electron chi connectivity index (χ2n) is 7.75. The zero-order valence-corrected chi connectivity index (χ0v) is 18.9. The number of methoxy groups -OCH3 is 1. The van der Waals surface area contributed by atoms with Gasteiger partial charge in [0.25, 0.3) is 0 Å². The molecule has 7 heteroatoms. The molecule has 0 aliphatic heterocycles. The minimum atomic E-state index is -1.04. The third-order valence-corrected chi connectivity index (χ3v) is 6.01. The summed E-state index contributed by atoms with van der Waals surface area (Å²) < 4.78 is 20.6. The number of halogens is 2. The summed E-state index contributed by atoms with van der Waals surface area (Å²) in [7, 11) is 1.56. The van der Waals surface area contributed by atoms with Crippen molar-refractivity contribution in [3.8, 4) is 5.75 Å². The number of carboxylic acid groups (broad SMARTS) is 1. The number of hydrogen-bond donors (Lipinski definition) is 2. The fraction of sp³-hybridized carbons (Fsp3) is 0.192. The summed E-state index contributed by atoms with van der Waals surface area (Å²) in [5.41, 5.74) is 3.41. The number of rotatable bonds is 9. The van der Waals surface area contributed by atoms with Gasteiger partial charge in [0.1, 0.15) is 17.3 Å². The van der Waals surface area contributed by atoms with E-state index in [1.807, 2.05) is 36.4 Å². The van der Waals surface area contributed by atoms with Gasteiger partial charge >= 0.3 is 5.97 Å². The highest BCUT2D eigenvalue weighted by atomic mass is 35.5. The molecule has 0 unspecified atom stereocenters. The van der Waals surface area contributed by atoms with Crippen molar-refractivity contribution in [1.29, 1.82) is 0 Å². The predicted molar refractivity (Wildman–Crippen MR) is 128 cm³/mol. The Hall–Kier alpha value is -3.35. The van der Waals surface area contributed by atoms with Crippen molar-refractivity contribution in [3.63, 3.8) is 0 Å². The van der Waals surface area contributed by atoms with Crippen LogP contribution in [0.1, 0.15) is 27.2 Å². The summed E-state index contributed by atoms with van der Waals surface area (Å²) in [5, 5.41) is 14.6. The normalized spacial score (nSPS) is 11.1. The van der Waals surface area contributed by atoms with Crippen LogP contribution in [0.4, 0.5) is 4.39 Å². The third kappa shape index (κ3) is 5.02. The standard InChI is InChI=1S/C26H24ClFN2O3/c1-33-20-9-10-21-22(15-29-12-11-17-5-3-2-4-6-17)25(26(31)32)30(24(21)14-20)16-18-7-8-19(28)13-23(18)27/h2-10,13-14,29H,11-12,15-16H2,1H3,(H,31,32). The first-order valence-corrected chi connectivity index (χ1v) is 11.0.